The summed E-state index contributed by atoms with van der Waals surface area (Å²) < 4.78 is 15.8. The second-order valence-corrected chi connectivity index (χ2v) is 4.86. The second kappa shape index (κ2) is 7.08. The van der Waals surface area contributed by atoms with Crippen molar-refractivity contribution in [3.63, 3.8) is 0 Å². The number of rotatable bonds is 7. The van der Waals surface area contributed by atoms with E-state index in [4.69, 9.17) is 14.0 Å². The molecular formula is C15H21N3O3. The average molecular weight is 291 g/mol. The number of hydrogen-bond acceptors (Lipinski definition) is 6. The third-order valence-corrected chi connectivity index (χ3v) is 3.29. The topological polar surface area (TPSA) is 69.4 Å². The Morgan fingerprint density at radius 3 is 2.67 bits per heavy atom. The lowest BCUT2D eigenvalue weighted by atomic mass is 10.1. The maximum absolute atomic E-state index is 5.29. The molecule has 0 amide bonds. The van der Waals surface area contributed by atoms with Crippen LogP contribution < -0.4 is 14.8 Å². The SMILES string of the molecule is CNC(C)Cc1nc(Cc2ccc(OC)c(OC)c2)no1. The molecule has 6 nitrogen and oxygen atoms in total. The lowest BCUT2D eigenvalue weighted by Gasteiger charge is -2.08. The molecule has 0 aliphatic carbocycles. The van der Waals surface area contributed by atoms with Crippen LogP contribution in [0.5, 0.6) is 11.5 Å². The number of aromatic nitrogens is 2. The Bertz CT molecular complexity index is 583. The number of ether oxygens (including phenoxy) is 2. The van der Waals surface area contributed by atoms with Gasteiger partial charge in [-0.3, -0.25) is 0 Å². The number of nitrogens with one attached hydrogen (secondary N) is 1. The summed E-state index contributed by atoms with van der Waals surface area (Å²) in [5.41, 5.74) is 1.04. The monoisotopic (exact) mass is 291 g/mol. The van der Waals surface area contributed by atoms with Crippen LogP contribution in [0.15, 0.2) is 22.7 Å². The molecule has 0 fully saturated rings. The van der Waals surface area contributed by atoms with Crippen LogP contribution in [0.4, 0.5) is 0 Å². The van der Waals surface area contributed by atoms with Crippen molar-refractivity contribution >= 4 is 0 Å². The lowest BCUT2D eigenvalue weighted by molar-refractivity contribution is 0.354. The second-order valence-electron chi connectivity index (χ2n) is 4.86. The number of nitrogens with zero attached hydrogens (tertiary/aromatic N) is 2. The molecule has 0 saturated heterocycles. The quantitative estimate of drug-likeness (QED) is 0.839. The Morgan fingerprint density at radius 1 is 1.24 bits per heavy atom. The molecule has 1 heterocycles. The van der Waals surface area contributed by atoms with Crippen LogP contribution in [0.25, 0.3) is 0 Å². The molecule has 0 spiro atoms. The van der Waals surface area contributed by atoms with Gasteiger partial charge in [-0.15, -0.1) is 0 Å². The van der Waals surface area contributed by atoms with Crippen molar-refractivity contribution in [2.75, 3.05) is 21.3 Å². The van der Waals surface area contributed by atoms with E-state index >= 15 is 0 Å². The van der Waals surface area contributed by atoms with Crippen molar-refractivity contribution in [3.05, 3.63) is 35.5 Å². The van der Waals surface area contributed by atoms with Crippen molar-refractivity contribution in [3.8, 4) is 11.5 Å². The van der Waals surface area contributed by atoms with Gasteiger partial charge < -0.3 is 19.3 Å². The molecule has 1 aromatic carbocycles. The molecule has 0 aliphatic rings. The average Bonchev–Trinajstić information content (AvgIpc) is 2.93. The van der Waals surface area contributed by atoms with E-state index in [1.165, 1.54) is 0 Å². The van der Waals surface area contributed by atoms with Gasteiger partial charge in [0.25, 0.3) is 0 Å². The fraction of sp³-hybridized carbons (Fsp3) is 0.467. The summed E-state index contributed by atoms with van der Waals surface area (Å²) in [6, 6.07) is 6.07. The molecule has 1 N–H and O–H groups in total. The zero-order valence-corrected chi connectivity index (χ0v) is 12.8. The van der Waals surface area contributed by atoms with Crippen molar-refractivity contribution in [1.29, 1.82) is 0 Å². The molecule has 0 saturated carbocycles. The zero-order valence-electron chi connectivity index (χ0n) is 12.8. The third kappa shape index (κ3) is 3.95. The predicted octanol–water partition coefficient (Wildman–Crippen LogP) is 1.83. The first-order valence-electron chi connectivity index (χ1n) is 6.86. The van der Waals surface area contributed by atoms with Crippen LogP contribution in [0.3, 0.4) is 0 Å². The van der Waals surface area contributed by atoms with Gasteiger partial charge in [0.05, 0.1) is 14.2 Å². The first-order valence-corrected chi connectivity index (χ1v) is 6.86. The van der Waals surface area contributed by atoms with E-state index in [0.29, 0.717) is 35.7 Å². The minimum absolute atomic E-state index is 0.305. The maximum Gasteiger partial charge on any atom is 0.228 e. The first-order chi connectivity index (χ1) is 10.2. The van der Waals surface area contributed by atoms with Gasteiger partial charge in [0, 0.05) is 18.9 Å². The molecule has 0 aliphatic heterocycles. The fourth-order valence-electron chi connectivity index (χ4n) is 1.98. The summed E-state index contributed by atoms with van der Waals surface area (Å²) in [4.78, 5) is 4.40. The number of benzene rings is 1. The highest BCUT2D eigenvalue weighted by molar-refractivity contribution is 5.43. The molecule has 6 heteroatoms. The third-order valence-electron chi connectivity index (χ3n) is 3.29. The summed E-state index contributed by atoms with van der Waals surface area (Å²) in [7, 11) is 5.14. The van der Waals surface area contributed by atoms with E-state index in [1.807, 2.05) is 25.2 Å². The van der Waals surface area contributed by atoms with Gasteiger partial charge in [0.1, 0.15) is 0 Å². The molecular weight excluding hydrogens is 270 g/mol. The minimum atomic E-state index is 0.305. The Morgan fingerprint density at radius 2 is 2.00 bits per heavy atom. The number of methoxy groups -OCH3 is 2. The molecule has 114 valence electrons. The highest BCUT2D eigenvalue weighted by Crippen LogP contribution is 2.28. The Labute approximate surface area is 124 Å². The van der Waals surface area contributed by atoms with Gasteiger partial charge in [0.15, 0.2) is 17.3 Å². The van der Waals surface area contributed by atoms with Gasteiger partial charge in [-0.25, -0.2) is 0 Å². The van der Waals surface area contributed by atoms with Gasteiger partial charge >= 0.3 is 0 Å². The van der Waals surface area contributed by atoms with E-state index in [0.717, 1.165) is 12.0 Å². The molecule has 2 aromatic rings. The summed E-state index contributed by atoms with van der Waals surface area (Å²) in [5, 5.41) is 7.15. The van der Waals surface area contributed by atoms with Gasteiger partial charge in [-0.1, -0.05) is 11.2 Å². The Kier molecular flexibility index (Phi) is 5.16. The van der Waals surface area contributed by atoms with Crippen molar-refractivity contribution in [1.82, 2.24) is 15.5 Å². The normalized spacial score (nSPS) is 12.2. The summed E-state index contributed by atoms with van der Waals surface area (Å²) in [5.74, 6) is 2.72. The van der Waals surface area contributed by atoms with Gasteiger partial charge in [0.2, 0.25) is 5.89 Å². The highest BCUT2D eigenvalue weighted by Gasteiger charge is 2.11. The first kappa shape index (κ1) is 15.3. The standard InChI is InChI=1S/C15H21N3O3/c1-10(16-2)7-15-17-14(18-21-15)9-11-5-6-12(19-3)13(8-11)20-4/h5-6,8,10,16H,7,9H2,1-4H3. The van der Waals surface area contributed by atoms with Crippen LogP contribution in [-0.4, -0.2) is 37.4 Å². The fourth-order valence-corrected chi connectivity index (χ4v) is 1.98. The molecule has 0 bridgehead atoms. The lowest BCUT2D eigenvalue weighted by Crippen LogP contribution is -2.23. The molecule has 1 aromatic heterocycles. The summed E-state index contributed by atoms with van der Waals surface area (Å²) >= 11 is 0. The van der Waals surface area contributed by atoms with Crippen molar-refractivity contribution in [2.45, 2.75) is 25.8 Å². The van der Waals surface area contributed by atoms with Gasteiger partial charge in [-0.2, -0.15) is 4.98 Å². The van der Waals surface area contributed by atoms with E-state index in [1.54, 1.807) is 14.2 Å². The molecule has 1 unspecified atom stereocenters. The van der Waals surface area contributed by atoms with E-state index in [9.17, 15) is 0 Å². The van der Waals surface area contributed by atoms with Crippen LogP contribution in [-0.2, 0) is 12.8 Å². The number of hydrogen-bond donors (Lipinski definition) is 1. The maximum atomic E-state index is 5.29. The summed E-state index contributed by atoms with van der Waals surface area (Å²) in [6.07, 6.45) is 1.31. The molecule has 21 heavy (non-hydrogen) atoms. The molecule has 1 atom stereocenters. The largest absolute Gasteiger partial charge is 0.493 e. The number of likely N-dealkylation sites (N-methyl/N-ethyl adjacent to an activating group) is 1. The minimum Gasteiger partial charge on any atom is -0.493 e. The van der Waals surface area contributed by atoms with Crippen LogP contribution in [0.2, 0.25) is 0 Å². The van der Waals surface area contributed by atoms with Crippen LogP contribution >= 0.6 is 0 Å². The summed E-state index contributed by atoms with van der Waals surface area (Å²) in [6.45, 7) is 2.07. The van der Waals surface area contributed by atoms with Gasteiger partial charge in [-0.05, 0) is 31.7 Å². The predicted molar refractivity (Wildman–Crippen MR) is 78.9 cm³/mol. The van der Waals surface area contributed by atoms with E-state index < -0.39 is 0 Å². The van der Waals surface area contributed by atoms with E-state index in [2.05, 4.69) is 22.4 Å². The Balaban J connectivity index is 2.08. The van der Waals surface area contributed by atoms with Crippen LogP contribution in [0, 0.1) is 0 Å². The van der Waals surface area contributed by atoms with Crippen molar-refractivity contribution in [2.24, 2.45) is 0 Å². The molecule has 2 rings (SSSR count). The Hall–Kier alpha value is -2.08. The van der Waals surface area contributed by atoms with Crippen LogP contribution in [0.1, 0.15) is 24.2 Å². The van der Waals surface area contributed by atoms with E-state index in [-0.39, 0.29) is 0 Å². The zero-order chi connectivity index (χ0) is 15.2. The molecule has 0 radical (unpaired) electrons. The smallest absolute Gasteiger partial charge is 0.228 e. The van der Waals surface area contributed by atoms with Crippen molar-refractivity contribution < 1.29 is 14.0 Å². The highest BCUT2D eigenvalue weighted by atomic mass is 16.5.